The van der Waals surface area contributed by atoms with E-state index in [1.165, 1.54) is 23.3 Å². The van der Waals surface area contributed by atoms with Crippen LogP contribution < -0.4 is 10.9 Å². The SMILES string of the molecule is CC(NC(=O)CCc1nc2sc3c(c2c(=O)[nH]1)CCCCC3)c1ccccc1. The molecule has 0 saturated carbocycles. The van der Waals surface area contributed by atoms with Crippen LogP contribution in [0, 0.1) is 0 Å². The van der Waals surface area contributed by atoms with E-state index in [-0.39, 0.29) is 17.5 Å². The Morgan fingerprint density at radius 3 is 2.82 bits per heavy atom. The molecule has 1 aromatic carbocycles. The largest absolute Gasteiger partial charge is 0.350 e. The normalized spacial score (nSPS) is 15.0. The molecule has 0 saturated heterocycles. The number of nitrogens with zero attached hydrogens (tertiary/aromatic N) is 1. The Morgan fingerprint density at radius 1 is 1.21 bits per heavy atom. The number of benzene rings is 1. The van der Waals surface area contributed by atoms with E-state index in [1.54, 1.807) is 11.3 Å². The van der Waals surface area contributed by atoms with Gasteiger partial charge in [-0.3, -0.25) is 9.59 Å². The molecule has 5 nitrogen and oxygen atoms in total. The van der Waals surface area contributed by atoms with Crippen LogP contribution >= 0.6 is 11.3 Å². The smallest absolute Gasteiger partial charge is 0.259 e. The van der Waals surface area contributed by atoms with Gasteiger partial charge in [0.2, 0.25) is 5.91 Å². The first-order valence-electron chi connectivity index (χ1n) is 9.99. The molecule has 0 spiro atoms. The zero-order valence-electron chi connectivity index (χ0n) is 16.1. The Kier molecular flexibility index (Phi) is 5.57. The molecule has 3 aromatic rings. The number of H-pyrrole nitrogens is 1. The molecule has 1 amide bonds. The number of nitrogens with one attached hydrogen (secondary N) is 2. The molecule has 1 unspecified atom stereocenters. The third kappa shape index (κ3) is 4.02. The number of carbonyl (C=O) groups is 1. The van der Waals surface area contributed by atoms with E-state index in [9.17, 15) is 9.59 Å². The van der Waals surface area contributed by atoms with Gasteiger partial charge in [0, 0.05) is 17.7 Å². The molecular formula is C22H25N3O2S. The molecule has 0 fully saturated rings. The summed E-state index contributed by atoms with van der Waals surface area (Å²) in [5, 5.41) is 3.78. The Bertz CT molecular complexity index is 1040. The number of fused-ring (bicyclic) bond motifs is 3. The summed E-state index contributed by atoms with van der Waals surface area (Å²) < 4.78 is 0. The fourth-order valence-corrected chi connectivity index (χ4v) is 5.16. The summed E-state index contributed by atoms with van der Waals surface area (Å²) in [6.45, 7) is 1.97. The molecular weight excluding hydrogens is 370 g/mol. The number of carbonyl (C=O) groups excluding carboxylic acids is 1. The molecule has 2 heterocycles. The number of rotatable bonds is 5. The van der Waals surface area contributed by atoms with E-state index >= 15 is 0 Å². The van der Waals surface area contributed by atoms with Gasteiger partial charge >= 0.3 is 0 Å². The van der Waals surface area contributed by atoms with Gasteiger partial charge in [-0.1, -0.05) is 36.8 Å². The minimum atomic E-state index is -0.0579. The van der Waals surface area contributed by atoms with E-state index in [4.69, 9.17) is 0 Å². The highest BCUT2D eigenvalue weighted by Crippen LogP contribution is 2.32. The van der Waals surface area contributed by atoms with Crippen LogP contribution in [0.4, 0.5) is 0 Å². The number of aromatic nitrogens is 2. The van der Waals surface area contributed by atoms with Crippen molar-refractivity contribution >= 4 is 27.5 Å². The molecule has 0 aliphatic heterocycles. The summed E-state index contributed by atoms with van der Waals surface area (Å²) in [6.07, 6.45) is 6.30. The van der Waals surface area contributed by atoms with Gasteiger partial charge in [-0.05, 0) is 43.7 Å². The number of hydrogen-bond donors (Lipinski definition) is 2. The van der Waals surface area contributed by atoms with Crippen LogP contribution in [0.25, 0.3) is 10.2 Å². The fourth-order valence-electron chi connectivity index (χ4n) is 3.87. The fraction of sp³-hybridized carbons (Fsp3) is 0.409. The Labute approximate surface area is 168 Å². The van der Waals surface area contributed by atoms with Crippen molar-refractivity contribution in [3.05, 3.63) is 62.5 Å². The molecule has 2 N–H and O–H groups in total. The summed E-state index contributed by atoms with van der Waals surface area (Å²) in [5.74, 6) is 0.553. The average molecular weight is 396 g/mol. The van der Waals surface area contributed by atoms with E-state index in [0.717, 1.165) is 35.0 Å². The summed E-state index contributed by atoms with van der Waals surface area (Å²) in [5.41, 5.74) is 2.22. The lowest BCUT2D eigenvalue weighted by Crippen LogP contribution is -2.27. The molecule has 1 aliphatic rings. The maximum Gasteiger partial charge on any atom is 0.259 e. The summed E-state index contributed by atoms with van der Waals surface area (Å²) in [4.78, 5) is 34.7. The lowest BCUT2D eigenvalue weighted by Gasteiger charge is -2.14. The van der Waals surface area contributed by atoms with Gasteiger partial charge in [-0.25, -0.2) is 4.98 Å². The Hall–Kier alpha value is -2.47. The van der Waals surface area contributed by atoms with Gasteiger partial charge in [-0.2, -0.15) is 0 Å². The summed E-state index contributed by atoms with van der Waals surface area (Å²) in [7, 11) is 0. The number of thiophene rings is 1. The van der Waals surface area contributed by atoms with Gasteiger partial charge in [0.1, 0.15) is 10.7 Å². The van der Waals surface area contributed by atoms with Crippen molar-refractivity contribution < 1.29 is 4.79 Å². The Balaban J connectivity index is 1.45. The summed E-state index contributed by atoms with van der Waals surface area (Å²) in [6, 6.07) is 9.84. The zero-order valence-corrected chi connectivity index (χ0v) is 16.9. The highest BCUT2D eigenvalue weighted by atomic mass is 32.1. The number of aryl methyl sites for hydroxylation is 3. The minimum Gasteiger partial charge on any atom is -0.350 e. The average Bonchev–Trinajstić information content (AvgIpc) is 2.89. The lowest BCUT2D eigenvalue weighted by molar-refractivity contribution is -0.121. The van der Waals surface area contributed by atoms with Crippen LogP contribution in [0.5, 0.6) is 0 Å². The highest BCUT2D eigenvalue weighted by molar-refractivity contribution is 7.18. The summed E-state index contributed by atoms with van der Waals surface area (Å²) >= 11 is 1.65. The first-order chi connectivity index (χ1) is 13.6. The third-order valence-corrected chi connectivity index (χ3v) is 6.58. The second kappa shape index (κ2) is 8.27. The second-order valence-corrected chi connectivity index (χ2v) is 8.54. The van der Waals surface area contributed by atoms with Crippen molar-refractivity contribution in [1.82, 2.24) is 15.3 Å². The maximum atomic E-state index is 12.7. The zero-order chi connectivity index (χ0) is 19.5. The molecule has 6 heteroatoms. The monoisotopic (exact) mass is 395 g/mol. The third-order valence-electron chi connectivity index (χ3n) is 5.39. The van der Waals surface area contributed by atoms with Crippen LogP contribution in [0.1, 0.15) is 60.5 Å². The van der Waals surface area contributed by atoms with E-state index < -0.39 is 0 Å². The molecule has 146 valence electrons. The van der Waals surface area contributed by atoms with Gasteiger partial charge in [0.25, 0.3) is 5.56 Å². The topological polar surface area (TPSA) is 74.8 Å². The van der Waals surface area contributed by atoms with Crippen LogP contribution in [-0.2, 0) is 24.1 Å². The van der Waals surface area contributed by atoms with Crippen molar-refractivity contribution in [1.29, 1.82) is 0 Å². The molecule has 4 rings (SSSR count). The minimum absolute atomic E-state index is 0.0407. The number of aromatic amines is 1. The predicted octanol–water partition coefficient (Wildman–Crippen LogP) is 4.06. The first-order valence-corrected chi connectivity index (χ1v) is 10.8. The van der Waals surface area contributed by atoms with E-state index in [1.807, 2.05) is 37.3 Å². The van der Waals surface area contributed by atoms with Crippen LogP contribution in [0.15, 0.2) is 35.1 Å². The maximum absolute atomic E-state index is 12.7. The van der Waals surface area contributed by atoms with Gasteiger partial charge < -0.3 is 10.3 Å². The van der Waals surface area contributed by atoms with Crippen molar-refractivity contribution in [2.45, 2.75) is 57.9 Å². The second-order valence-electron chi connectivity index (χ2n) is 7.46. The highest BCUT2D eigenvalue weighted by Gasteiger charge is 2.19. The first kappa shape index (κ1) is 18.9. The predicted molar refractivity (Wildman–Crippen MR) is 113 cm³/mol. The lowest BCUT2D eigenvalue weighted by atomic mass is 10.1. The van der Waals surface area contributed by atoms with Gasteiger partial charge in [0.05, 0.1) is 11.4 Å². The molecule has 28 heavy (non-hydrogen) atoms. The quantitative estimate of drug-likeness (QED) is 0.640. The van der Waals surface area contributed by atoms with Crippen molar-refractivity contribution in [3.63, 3.8) is 0 Å². The number of amides is 1. The van der Waals surface area contributed by atoms with Crippen LogP contribution in [0.3, 0.4) is 0 Å². The van der Waals surface area contributed by atoms with Crippen molar-refractivity contribution in [3.8, 4) is 0 Å². The van der Waals surface area contributed by atoms with Crippen molar-refractivity contribution in [2.75, 3.05) is 0 Å². The molecule has 1 aliphatic carbocycles. The van der Waals surface area contributed by atoms with E-state index in [2.05, 4.69) is 15.3 Å². The van der Waals surface area contributed by atoms with Gasteiger partial charge in [-0.15, -0.1) is 11.3 Å². The van der Waals surface area contributed by atoms with Gasteiger partial charge in [0.15, 0.2) is 0 Å². The van der Waals surface area contributed by atoms with Crippen LogP contribution in [-0.4, -0.2) is 15.9 Å². The molecule has 2 aromatic heterocycles. The molecule has 0 radical (unpaired) electrons. The standard InChI is InChI=1S/C22H25N3O2S/c1-14(15-8-4-2-5-9-15)23-19(26)13-12-18-24-21(27)20-16-10-6-3-7-11-17(16)28-22(20)25-18/h2,4-5,8-9,14H,3,6-7,10-13H2,1H3,(H,23,26)(H,24,25,27). The van der Waals surface area contributed by atoms with Crippen LogP contribution in [0.2, 0.25) is 0 Å². The van der Waals surface area contributed by atoms with Crippen molar-refractivity contribution in [2.24, 2.45) is 0 Å². The molecule has 1 atom stereocenters. The van der Waals surface area contributed by atoms with E-state index in [0.29, 0.717) is 18.7 Å². The molecule has 0 bridgehead atoms. The Morgan fingerprint density at radius 2 is 2.00 bits per heavy atom. The number of hydrogen-bond acceptors (Lipinski definition) is 4.